The zero-order chi connectivity index (χ0) is 14.0. The Bertz CT molecular complexity index is 425. The van der Waals surface area contributed by atoms with Crippen molar-refractivity contribution in [2.75, 3.05) is 0 Å². The first-order valence-corrected chi connectivity index (χ1v) is 7.08. The smallest absolute Gasteiger partial charge is 0.00754 e. The summed E-state index contributed by atoms with van der Waals surface area (Å²) in [7, 11) is 0. The maximum absolute atomic E-state index is 2.46. The predicted molar refractivity (Wildman–Crippen MR) is 80.1 cm³/mol. The van der Waals surface area contributed by atoms with Gasteiger partial charge in [0.2, 0.25) is 0 Å². The summed E-state index contributed by atoms with van der Waals surface area (Å²) < 4.78 is 0. The molecule has 0 nitrogen and oxygen atoms in total. The maximum atomic E-state index is 2.46. The van der Waals surface area contributed by atoms with Crippen LogP contribution < -0.4 is 0 Å². The van der Waals surface area contributed by atoms with Crippen molar-refractivity contribution in [2.24, 2.45) is 10.8 Å². The molecule has 0 heterocycles. The lowest BCUT2D eigenvalue weighted by atomic mass is 9.35. The molecule has 1 aliphatic rings. The number of benzene rings is 1. The second-order valence-electron chi connectivity index (χ2n) is 8.30. The molecule has 1 aromatic rings. The maximum Gasteiger partial charge on any atom is 0.00754 e. The van der Waals surface area contributed by atoms with E-state index in [1.165, 1.54) is 0 Å². The average molecular weight is 244 g/mol. The van der Waals surface area contributed by atoms with Gasteiger partial charge in [-0.2, -0.15) is 0 Å². The van der Waals surface area contributed by atoms with Gasteiger partial charge in [-0.15, -0.1) is 0 Å². The first kappa shape index (κ1) is 13.6. The quantitative estimate of drug-likeness (QED) is 0.580. The molecule has 100 valence electrons. The van der Waals surface area contributed by atoms with Crippen LogP contribution in [-0.4, -0.2) is 0 Å². The van der Waals surface area contributed by atoms with Crippen molar-refractivity contribution in [1.82, 2.24) is 0 Å². The van der Waals surface area contributed by atoms with Gasteiger partial charge >= 0.3 is 0 Å². The lowest BCUT2D eigenvalue weighted by molar-refractivity contribution is -0.0148. The zero-order valence-electron chi connectivity index (χ0n) is 13.3. The second kappa shape index (κ2) is 3.40. The van der Waals surface area contributed by atoms with Crippen molar-refractivity contribution in [2.45, 2.75) is 66.2 Å². The largest absolute Gasteiger partial charge is 0.0620 e. The summed E-state index contributed by atoms with van der Waals surface area (Å²) in [5.74, 6) is 0. The highest BCUT2D eigenvalue weighted by Crippen LogP contribution is 2.69. The van der Waals surface area contributed by atoms with Crippen LogP contribution in [0.4, 0.5) is 0 Å². The molecule has 2 atom stereocenters. The van der Waals surface area contributed by atoms with Crippen molar-refractivity contribution in [3.8, 4) is 0 Å². The zero-order valence-corrected chi connectivity index (χ0v) is 13.3. The van der Waals surface area contributed by atoms with Crippen molar-refractivity contribution in [3.63, 3.8) is 0 Å². The summed E-state index contributed by atoms with van der Waals surface area (Å²) >= 11 is 0. The lowest BCUT2D eigenvalue weighted by Gasteiger charge is -2.68. The van der Waals surface area contributed by atoms with E-state index < -0.39 is 0 Å². The monoisotopic (exact) mass is 244 g/mol. The van der Waals surface area contributed by atoms with E-state index in [0.717, 1.165) is 0 Å². The molecule has 0 fully saturated rings. The second-order valence-corrected chi connectivity index (χ2v) is 8.30. The Kier molecular flexibility index (Phi) is 2.58. The predicted octanol–water partition coefficient (Wildman–Crippen LogP) is 5.31. The van der Waals surface area contributed by atoms with E-state index in [9.17, 15) is 0 Å². The molecule has 1 aromatic carbocycles. The van der Waals surface area contributed by atoms with Crippen LogP contribution in [0.3, 0.4) is 0 Å². The number of hydrogen-bond donors (Lipinski definition) is 0. The highest BCUT2D eigenvalue weighted by atomic mass is 14.7. The molecule has 18 heavy (non-hydrogen) atoms. The Hall–Kier alpha value is -0.780. The van der Waals surface area contributed by atoms with Crippen LogP contribution in [0, 0.1) is 10.8 Å². The summed E-state index contributed by atoms with van der Waals surface area (Å²) in [5.41, 5.74) is 4.10. The SMILES string of the molecule is CC(C)(C)[C@]1(C)c2ccccc2[C@]1(C)C(C)(C)C. The summed E-state index contributed by atoms with van der Waals surface area (Å²) in [6.07, 6.45) is 0. The highest BCUT2D eigenvalue weighted by molar-refractivity contribution is 5.56. The fourth-order valence-corrected chi connectivity index (χ4v) is 4.14. The van der Waals surface area contributed by atoms with E-state index in [4.69, 9.17) is 0 Å². The van der Waals surface area contributed by atoms with Gasteiger partial charge in [-0.1, -0.05) is 79.7 Å². The topological polar surface area (TPSA) is 0 Å². The highest BCUT2D eigenvalue weighted by Gasteiger charge is 2.66. The number of hydrogen-bond acceptors (Lipinski definition) is 0. The molecule has 2 rings (SSSR count). The molecular weight excluding hydrogens is 216 g/mol. The Morgan fingerprint density at radius 3 is 1.17 bits per heavy atom. The van der Waals surface area contributed by atoms with Crippen LogP contribution in [0.5, 0.6) is 0 Å². The van der Waals surface area contributed by atoms with Crippen LogP contribution >= 0.6 is 0 Å². The van der Waals surface area contributed by atoms with Crippen molar-refractivity contribution in [1.29, 1.82) is 0 Å². The van der Waals surface area contributed by atoms with E-state index in [1.807, 2.05) is 0 Å². The summed E-state index contributed by atoms with van der Waals surface area (Å²) in [6, 6.07) is 9.03. The van der Waals surface area contributed by atoms with E-state index >= 15 is 0 Å². The van der Waals surface area contributed by atoms with Crippen LogP contribution in [0.15, 0.2) is 24.3 Å². The lowest BCUT2D eigenvalue weighted by Crippen LogP contribution is -2.66. The van der Waals surface area contributed by atoms with Gasteiger partial charge in [0.15, 0.2) is 0 Å². The Balaban J connectivity index is 2.75. The summed E-state index contributed by atoms with van der Waals surface area (Å²) in [5, 5.41) is 0. The first-order chi connectivity index (χ1) is 7.98. The minimum Gasteiger partial charge on any atom is -0.0620 e. The van der Waals surface area contributed by atoms with Gasteiger partial charge in [-0.25, -0.2) is 0 Å². The molecule has 0 saturated heterocycles. The van der Waals surface area contributed by atoms with Gasteiger partial charge in [0.05, 0.1) is 0 Å². The molecule has 0 N–H and O–H groups in total. The van der Waals surface area contributed by atoms with Crippen LogP contribution in [0.2, 0.25) is 0 Å². The fourth-order valence-electron chi connectivity index (χ4n) is 4.14. The fraction of sp³-hybridized carbons (Fsp3) is 0.667. The van der Waals surface area contributed by atoms with Gasteiger partial charge in [0, 0.05) is 10.8 Å². The summed E-state index contributed by atoms with van der Waals surface area (Å²) in [6.45, 7) is 19.2. The van der Waals surface area contributed by atoms with Crippen molar-refractivity contribution >= 4 is 0 Å². The molecule has 0 spiro atoms. The third kappa shape index (κ3) is 1.27. The molecule has 0 aliphatic heterocycles. The number of rotatable bonds is 0. The van der Waals surface area contributed by atoms with Gasteiger partial charge < -0.3 is 0 Å². The van der Waals surface area contributed by atoms with Crippen molar-refractivity contribution in [3.05, 3.63) is 35.4 Å². The van der Waals surface area contributed by atoms with Gasteiger partial charge in [-0.3, -0.25) is 0 Å². The Morgan fingerprint density at radius 1 is 0.667 bits per heavy atom. The van der Waals surface area contributed by atoms with Crippen LogP contribution in [0.25, 0.3) is 0 Å². The van der Waals surface area contributed by atoms with E-state index in [2.05, 4.69) is 79.7 Å². The van der Waals surface area contributed by atoms with E-state index in [0.29, 0.717) is 0 Å². The van der Waals surface area contributed by atoms with Gasteiger partial charge in [0.25, 0.3) is 0 Å². The molecule has 0 unspecified atom stereocenters. The van der Waals surface area contributed by atoms with E-state index in [1.54, 1.807) is 11.1 Å². The van der Waals surface area contributed by atoms with Crippen molar-refractivity contribution < 1.29 is 0 Å². The van der Waals surface area contributed by atoms with Crippen LogP contribution in [-0.2, 0) is 10.8 Å². The third-order valence-corrected chi connectivity index (χ3v) is 6.00. The minimum absolute atomic E-state index is 0.231. The number of fused-ring (bicyclic) bond motifs is 1. The Morgan fingerprint density at radius 2 is 0.944 bits per heavy atom. The molecule has 0 aromatic heterocycles. The summed E-state index contributed by atoms with van der Waals surface area (Å²) in [4.78, 5) is 0. The molecule has 0 amide bonds. The van der Waals surface area contributed by atoms with E-state index in [-0.39, 0.29) is 21.7 Å². The molecule has 0 saturated carbocycles. The molecular formula is C18H28. The standard InChI is InChI=1S/C18H28/c1-15(2,3)17(7)13-11-9-10-12-14(13)18(17,8)16(4,5)6/h9-12H,1-8H3/t17-,18+. The minimum atomic E-state index is 0.231. The molecule has 0 heteroatoms. The molecule has 0 radical (unpaired) electrons. The molecule has 1 aliphatic carbocycles. The normalized spacial score (nSPS) is 31.8. The first-order valence-electron chi connectivity index (χ1n) is 7.08. The average Bonchev–Trinajstić information content (AvgIpc) is 2.24. The molecule has 0 bridgehead atoms. The third-order valence-electron chi connectivity index (χ3n) is 6.00. The van der Waals surface area contributed by atoms with Gasteiger partial charge in [-0.05, 0) is 22.0 Å². The van der Waals surface area contributed by atoms with Crippen LogP contribution in [0.1, 0.15) is 66.5 Å². The Labute approximate surface area is 113 Å². The van der Waals surface area contributed by atoms with Gasteiger partial charge in [0.1, 0.15) is 0 Å².